The highest BCUT2D eigenvalue weighted by Crippen LogP contribution is 2.39. The van der Waals surface area contributed by atoms with Crippen molar-refractivity contribution in [3.8, 4) is 0 Å². The SMILES string of the molecule is CCCCCCCCCCCCC/C=C/[C@@H](O)[C@H](CO[C@@H]1OC(CO)[C@@H](O[C@@H]2OC(CO)[C@H](O[C@@H]3OC(CO[C@]4(C(=O)O)CC(O)[C@@H](NC(C)=O)C([C@H](O)[C@H](O)CO)O4)[C@H](O)[C@H](O[C@@H]4OC(CO)[C@H](O)[C@H](O)C4O)C3NC(C)=O)[C@H](O)C2O)[C@H](O)C1O)NC(=O)CCCCCCCCCCCCCCCCCCCCCCCCC. The van der Waals surface area contributed by atoms with E-state index in [1.165, 1.54) is 161 Å². The van der Waals surface area contributed by atoms with Gasteiger partial charge in [0, 0.05) is 26.7 Å². The predicted octanol–water partition coefficient (Wildman–Crippen LogP) is 2.08. The molecule has 5 saturated heterocycles. The molecule has 0 aliphatic carbocycles. The van der Waals surface area contributed by atoms with E-state index in [4.69, 9.17) is 47.4 Å². The highest BCUT2D eigenvalue weighted by Gasteiger charge is 2.60. The molecule has 0 aromatic rings. The van der Waals surface area contributed by atoms with Gasteiger partial charge in [-0.25, -0.2) is 4.79 Å². The van der Waals surface area contributed by atoms with Gasteiger partial charge in [-0.05, 0) is 19.3 Å². The lowest BCUT2D eigenvalue weighted by atomic mass is 9.88. The Kier molecular flexibility index (Phi) is 50.0. The molecule has 5 fully saturated rings. The van der Waals surface area contributed by atoms with Crippen LogP contribution < -0.4 is 16.0 Å². The third-order valence-electron chi connectivity index (χ3n) is 22.6. The lowest BCUT2D eigenvalue weighted by molar-refractivity contribution is -0.383. The van der Waals surface area contributed by atoms with Gasteiger partial charge in [0.25, 0.3) is 5.79 Å². The van der Waals surface area contributed by atoms with Crippen LogP contribution in [-0.4, -0.2) is 321 Å². The number of carboxylic acids is 1. The van der Waals surface area contributed by atoms with Gasteiger partial charge >= 0.3 is 5.97 Å². The van der Waals surface area contributed by atoms with Gasteiger partial charge in [0.05, 0.1) is 63.9 Å². The molecule has 34 nitrogen and oxygen atoms in total. The van der Waals surface area contributed by atoms with E-state index < -0.39 is 235 Å². The average Bonchev–Trinajstić information content (AvgIpc) is 0.756. The molecule has 10 unspecified atom stereocenters. The van der Waals surface area contributed by atoms with Crippen LogP contribution in [0.15, 0.2) is 12.2 Å². The highest BCUT2D eigenvalue weighted by atomic mass is 16.8. The fourth-order valence-electron chi connectivity index (χ4n) is 15.6. The van der Waals surface area contributed by atoms with E-state index in [1.54, 1.807) is 6.08 Å². The van der Waals surface area contributed by atoms with Crippen LogP contribution in [0.1, 0.15) is 265 Å². The molecule has 0 saturated carbocycles. The number of carboxylic acid groups (broad SMARTS) is 1. The molecule has 3 amide bonds. The molecule has 0 aromatic carbocycles. The van der Waals surface area contributed by atoms with Crippen LogP contribution in [-0.2, 0) is 66.5 Å². The van der Waals surface area contributed by atoms with E-state index in [9.17, 15) is 106 Å². The number of amides is 3. The molecular weight excluding hydrogens is 1510 g/mol. The number of aliphatic carboxylic acids is 1. The van der Waals surface area contributed by atoms with Gasteiger partial charge < -0.3 is 150 Å². The van der Waals surface area contributed by atoms with E-state index >= 15 is 0 Å². The topological polar surface area (TPSA) is 541 Å². The van der Waals surface area contributed by atoms with Crippen molar-refractivity contribution in [1.29, 1.82) is 0 Å². The number of carbonyl (C=O) groups is 4. The van der Waals surface area contributed by atoms with E-state index in [0.717, 1.165) is 65.2 Å². The fraction of sp³-hybridized carbons (Fsp3) is 0.926. The van der Waals surface area contributed by atoms with Crippen molar-refractivity contribution in [2.75, 3.05) is 39.6 Å². The number of carbonyl (C=O) groups excluding carboxylic acids is 3. The molecule has 20 N–H and O–H groups in total. The third-order valence-corrected chi connectivity index (χ3v) is 22.6. The molecule has 115 heavy (non-hydrogen) atoms. The summed E-state index contributed by atoms with van der Waals surface area (Å²) in [5.41, 5.74) is 0. The Morgan fingerprint density at radius 3 is 1.31 bits per heavy atom. The van der Waals surface area contributed by atoms with Crippen LogP contribution >= 0.6 is 0 Å². The Morgan fingerprint density at radius 2 is 0.861 bits per heavy atom. The van der Waals surface area contributed by atoms with Crippen LogP contribution in [0.4, 0.5) is 0 Å². The van der Waals surface area contributed by atoms with Crippen LogP contribution in [0.25, 0.3) is 0 Å². The van der Waals surface area contributed by atoms with Gasteiger partial charge in [-0.3, -0.25) is 14.4 Å². The smallest absolute Gasteiger partial charge is 0.364 e. The third kappa shape index (κ3) is 34.1. The maximum Gasteiger partial charge on any atom is 0.364 e. The van der Waals surface area contributed by atoms with Crippen LogP contribution in [0, 0.1) is 0 Å². The average molecular weight is 1660 g/mol. The zero-order chi connectivity index (χ0) is 84.4. The first-order valence-corrected chi connectivity index (χ1v) is 43.1. The van der Waals surface area contributed by atoms with E-state index in [1.807, 2.05) is 6.08 Å². The molecule has 5 heterocycles. The molecule has 0 aromatic heterocycles. The summed E-state index contributed by atoms with van der Waals surface area (Å²) in [6.07, 6.45) is -3.24. The number of aliphatic hydroxyl groups excluding tert-OH is 16. The number of allylic oxidation sites excluding steroid dienone is 1. The molecule has 0 spiro atoms. The standard InChI is InChI=1S/C81H147N3O31/c1-5-7-9-11-13-15-17-19-20-21-22-23-24-25-26-27-28-30-32-34-36-38-40-42-60(94)84-52(53(91)41-39-37-35-33-31-29-18-16-14-12-10-8-6-2)48-106-77-70(102)67(99)73(57(46-87)109-77)113-79-71(103)68(100)72(58(47-88)110-79)112-76-62(83-51(4)90)74(114-78-69(101)66(98)64(96)56(45-86)108-78)65(97)59(111-76)49-107-81(80(104)105)43-54(92)61(82-50(3)89)75(115-81)63(95)55(93)44-85/h39,41,52-59,61-79,85-88,91-93,95-103H,5-38,40,42-49H2,1-4H3,(H,82,89)(H,83,90)(H,84,94)(H,104,105)/b41-39+/t52-,53+,54?,55+,56?,57?,58?,59?,61+,62?,63+,64-,65-,66-,67+,68+,69?,70?,71?,72-,73+,74+,75?,76-,77+,78-,79-,81+/m0/s1. The van der Waals surface area contributed by atoms with Crippen molar-refractivity contribution in [1.82, 2.24) is 16.0 Å². The second-order valence-corrected chi connectivity index (χ2v) is 32.1. The second kappa shape index (κ2) is 56.3. The summed E-state index contributed by atoms with van der Waals surface area (Å²) in [7, 11) is 0. The Hall–Kier alpha value is -3.42. The van der Waals surface area contributed by atoms with Gasteiger partial charge in [0.15, 0.2) is 25.2 Å². The Morgan fingerprint density at radius 1 is 0.461 bits per heavy atom. The monoisotopic (exact) mass is 1660 g/mol. The molecule has 5 rings (SSSR count). The maximum atomic E-state index is 13.6. The minimum Gasteiger partial charge on any atom is -0.477 e. The first-order valence-electron chi connectivity index (χ1n) is 43.1. The maximum absolute atomic E-state index is 13.6. The van der Waals surface area contributed by atoms with Gasteiger partial charge in [-0.2, -0.15) is 0 Å². The normalized spacial score (nSPS) is 33.0. The number of aliphatic hydroxyl groups is 16. The van der Waals surface area contributed by atoms with Gasteiger partial charge in [-0.15, -0.1) is 0 Å². The fourth-order valence-corrected chi connectivity index (χ4v) is 15.6. The van der Waals surface area contributed by atoms with E-state index in [-0.39, 0.29) is 12.3 Å². The Labute approximate surface area is 678 Å². The summed E-state index contributed by atoms with van der Waals surface area (Å²) in [6.45, 7) is 0.627. The first kappa shape index (κ1) is 102. The Bertz CT molecular complexity index is 2640. The van der Waals surface area contributed by atoms with Crippen molar-refractivity contribution in [2.45, 2.75) is 436 Å². The van der Waals surface area contributed by atoms with Crippen LogP contribution in [0.3, 0.4) is 0 Å². The minimum absolute atomic E-state index is 0.169. The number of hydrogen-bond acceptors (Lipinski definition) is 30. The van der Waals surface area contributed by atoms with Crippen LogP contribution in [0.2, 0.25) is 0 Å². The largest absolute Gasteiger partial charge is 0.477 e. The number of unbranched alkanes of at least 4 members (excludes halogenated alkanes) is 33. The molecule has 0 bridgehead atoms. The summed E-state index contributed by atoms with van der Waals surface area (Å²) in [5.74, 6) is -7.17. The van der Waals surface area contributed by atoms with Crippen molar-refractivity contribution in [2.24, 2.45) is 0 Å². The van der Waals surface area contributed by atoms with Crippen LogP contribution in [0.5, 0.6) is 0 Å². The summed E-state index contributed by atoms with van der Waals surface area (Å²) < 4.78 is 59.3. The molecule has 5 aliphatic rings. The summed E-state index contributed by atoms with van der Waals surface area (Å²) in [5, 5.41) is 196. The van der Waals surface area contributed by atoms with E-state index in [2.05, 4.69) is 29.8 Å². The number of hydrogen-bond donors (Lipinski definition) is 20. The molecular formula is C81H147N3O31. The van der Waals surface area contributed by atoms with E-state index in [0.29, 0.717) is 12.8 Å². The zero-order valence-corrected chi connectivity index (χ0v) is 68.5. The van der Waals surface area contributed by atoms with Crippen molar-refractivity contribution in [3.63, 3.8) is 0 Å². The summed E-state index contributed by atoms with van der Waals surface area (Å²) >= 11 is 0. The van der Waals surface area contributed by atoms with Gasteiger partial charge in [-0.1, -0.05) is 231 Å². The molecule has 28 atom stereocenters. The van der Waals surface area contributed by atoms with Gasteiger partial charge in [0.2, 0.25) is 17.7 Å². The van der Waals surface area contributed by atoms with Gasteiger partial charge in [0.1, 0.15) is 116 Å². The van der Waals surface area contributed by atoms with Crippen molar-refractivity contribution in [3.05, 3.63) is 12.2 Å². The summed E-state index contributed by atoms with van der Waals surface area (Å²) in [6, 6.07) is -4.63. The second-order valence-electron chi connectivity index (χ2n) is 32.1. The van der Waals surface area contributed by atoms with Crippen molar-refractivity contribution >= 4 is 23.7 Å². The molecule has 34 heteroatoms. The molecule has 0 radical (unpaired) electrons. The molecule has 672 valence electrons. The summed E-state index contributed by atoms with van der Waals surface area (Å²) in [4.78, 5) is 52.2. The van der Waals surface area contributed by atoms with Crippen molar-refractivity contribution < 1.29 is 153 Å². The first-order chi connectivity index (χ1) is 55.2. The lowest BCUT2D eigenvalue weighted by Crippen LogP contribution is -2.71. The predicted molar refractivity (Wildman–Crippen MR) is 415 cm³/mol. The number of nitrogens with one attached hydrogen (secondary N) is 3. The minimum atomic E-state index is -3.08. The molecule has 5 aliphatic heterocycles. The lowest BCUT2D eigenvalue weighted by Gasteiger charge is -2.51. The quantitative estimate of drug-likeness (QED) is 0.0306. The number of ether oxygens (including phenoxy) is 10. The Balaban J connectivity index is 1.23. The highest BCUT2D eigenvalue weighted by molar-refractivity contribution is 5.77. The number of rotatable bonds is 60. The zero-order valence-electron chi connectivity index (χ0n) is 68.5.